The van der Waals surface area contributed by atoms with Crippen molar-refractivity contribution in [1.29, 1.82) is 0 Å². The summed E-state index contributed by atoms with van der Waals surface area (Å²) in [6.07, 6.45) is 0. The van der Waals surface area contributed by atoms with Crippen LogP contribution in [-0.4, -0.2) is 0 Å². The van der Waals surface area contributed by atoms with Gasteiger partial charge in [0.25, 0.3) is 0 Å². The molecule has 2 N–H and O–H groups in total. The van der Waals surface area contributed by atoms with E-state index in [0.717, 1.165) is 10.1 Å². The van der Waals surface area contributed by atoms with Crippen molar-refractivity contribution in [3.05, 3.63) is 27.6 Å². The molecule has 0 aliphatic heterocycles. The second-order valence-corrected chi connectivity index (χ2v) is 4.12. The predicted octanol–water partition coefficient (Wildman–Crippen LogP) is 3.79. The van der Waals surface area contributed by atoms with Gasteiger partial charge in [-0.1, -0.05) is 23.2 Å². The van der Waals surface area contributed by atoms with Crippen molar-refractivity contribution in [2.24, 2.45) is 0 Å². The molecule has 0 unspecified atom stereocenters. The maximum Gasteiger partial charge on any atom is 0.0612 e. The Balaban J connectivity index is 2.98. The van der Waals surface area contributed by atoms with E-state index in [1.807, 2.05) is 5.38 Å². The number of hydrogen-bond acceptors (Lipinski definition) is 2. The van der Waals surface area contributed by atoms with Crippen molar-refractivity contribution in [2.75, 3.05) is 5.73 Å². The Morgan fingerprint density at radius 1 is 1.17 bits per heavy atom. The predicted molar refractivity (Wildman–Crippen MR) is 56.3 cm³/mol. The summed E-state index contributed by atoms with van der Waals surface area (Å²) in [6.45, 7) is 0. The number of halogens is 2. The van der Waals surface area contributed by atoms with Gasteiger partial charge >= 0.3 is 0 Å². The van der Waals surface area contributed by atoms with Gasteiger partial charge in [-0.05, 0) is 12.1 Å². The van der Waals surface area contributed by atoms with E-state index in [1.54, 1.807) is 12.1 Å². The van der Waals surface area contributed by atoms with E-state index in [9.17, 15) is 0 Å². The molecule has 0 bridgehead atoms. The molecule has 0 saturated carbocycles. The molecule has 0 amide bonds. The highest BCUT2D eigenvalue weighted by molar-refractivity contribution is 7.18. The molecule has 0 atom stereocenters. The first kappa shape index (κ1) is 8.17. The zero-order valence-corrected chi connectivity index (χ0v) is 8.30. The largest absolute Gasteiger partial charge is 0.398 e. The molecule has 1 nitrogen and oxygen atoms in total. The molecule has 2 aromatic rings. The normalized spacial score (nSPS) is 10.8. The quantitative estimate of drug-likeness (QED) is 0.669. The number of anilines is 1. The fraction of sp³-hybridized carbons (Fsp3) is 0. The number of nitrogen functional groups attached to an aromatic ring is 1. The minimum Gasteiger partial charge on any atom is -0.398 e. The van der Waals surface area contributed by atoms with Gasteiger partial charge in [-0.3, -0.25) is 0 Å². The fourth-order valence-electron chi connectivity index (χ4n) is 1.10. The Bertz CT molecular complexity index is 436. The smallest absolute Gasteiger partial charge is 0.0612 e. The second-order valence-electron chi connectivity index (χ2n) is 2.42. The van der Waals surface area contributed by atoms with Gasteiger partial charge in [-0.25, -0.2) is 0 Å². The summed E-state index contributed by atoms with van der Waals surface area (Å²) >= 11 is 13.4. The molecule has 12 heavy (non-hydrogen) atoms. The highest BCUT2D eigenvalue weighted by atomic mass is 35.5. The van der Waals surface area contributed by atoms with Gasteiger partial charge in [-0.2, -0.15) is 0 Å². The highest BCUT2D eigenvalue weighted by Gasteiger charge is 2.07. The summed E-state index contributed by atoms with van der Waals surface area (Å²) in [7, 11) is 0. The molecule has 0 fully saturated rings. The lowest BCUT2D eigenvalue weighted by Gasteiger charge is -1.97. The Kier molecular flexibility index (Phi) is 1.91. The molecule has 0 spiro atoms. The third-order valence-corrected chi connectivity index (χ3v) is 3.53. The van der Waals surface area contributed by atoms with Crippen LogP contribution >= 0.6 is 34.5 Å². The van der Waals surface area contributed by atoms with Crippen LogP contribution in [0, 0.1) is 0 Å². The topological polar surface area (TPSA) is 26.0 Å². The van der Waals surface area contributed by atoms with E-state index >= 15 is 0 Å². The summed E-state index contributed by atoms with van der Waals surface area (Å²) in [5.41, 5.74) is 6.42. The number of hydrogen-bond donors (Lipinski definition) is 1. The van der Waals surface area contributed by atoms with E-state index in [-0.39, 0.29) is 0 Å². The summed E-state index contributed by atoms with van der Waals surface area (Å²) in [4.78, 5) is 0. The van der Waals surface area contributed by atoms with Gasteiger partial charge in [0.1, 0.15) is 0 Å². The minimum atomic E-state index is 0.676. The maximum atomic E-state index is 5.94. The molecule has 2 rings (SSSR count). The molecule has 1 aromatic heterocycles. The number of rotatable bonds is 0. The summed E-state index contributed by atoms with van der Waals surface area (Å²) in [6, 6.07) is 3.55. The Hall–Kier alpha value is -0.440. The zero-order valence-electron chi connectivity index (χ0n) is 5.97. The number of fused-ring (bicyclic) bond motifs is 1. The fourth-order valence-corrected chi connectivity index (χ4v) is 2.65. The van der Waals surface area contributed by atoms with Crippen LogP contribution in [0.2, 0.25) is 10.0 Å². The minimum absolute atomic E-state index is 0.676. The molecule has 62 valence electrons. The van der Waals surface area contributed by atoms with Gasteiger partial charge in [0, 0.05) is 16.5 Å². The number of thiophene rings is 1. The summed E-state index contributed by atoms with van der Waals surface area (Å²) in [5, 5.41) is 4.09. The van der Waals surface area contributed by atoms with Crippen molar-refractivity contribution in [1.82, 2.24) is 0 Å². The van der Waals surface area contributed by atoms with E-state index < -0.39 is 0 Å². The van der Waals surface area contributed by atoms with Crippen LogP contribution in [-0.2, 0) is 0 Å². The van der Waals surface area contributed by atoms with Crippen LogP contribution in [0.25, 0.3) is 10.1 Å². The first-order valence-corrected chi connectivity index (χ1v) is 4.94. The molecule has 0 aliphatic rings. The van der Waals surface area contributed by atoms with Crippen LogP contribution in [0.3, 0.4) is 0 Å². The van der Waals surface area contributed by atoms with Crippen LogP contribution in [0.15, 0.2) is 17.5 Å². The molecule has 0 radical (unpaired) electrons. The van der Waals surface area contributed by atoms with Crippen molar-refractivity contribution < 1.29 is 0 Å². The lowest BCUT2D eigenvalue weighted by atomic mass is 10.2. The Morgan fingerprint density at radius 2 is 1.92 bits per heavy atom. The average molecular weight is 218 g/mol. The van der Waals surface area contributed by atoms with E-state index in [1.165, 1.54) is 11.3 Å². The molecule has 4 heteroatoms. The van der Waals surface area contributed by atoms with Crippen LogP contribution < -0.4 is 5.73 Å². The van der Waals surface area contributed by atoms with Crippen molar-refractivity contribution in [3.63, 3.8) is 0 Å². The first-order chi connectivity index (χ1) is 5.70. The average Bonchev–Trinajstić information content (AvgIpc) is 2.42. The Morgan fingerprint density at radius 3 is 2.58 bits per heavy atom. The third kappa shape index (κ3) is 1.07. The van der Waals surface area contributed by atoms with E-state index in [0.29, 0.717) is 15.7 Å². The molecule has 1 aromatic carbocycles. The monoisotopic (exact) mass is 217 g/mol. The maximum absolute atomic E-state index is 5.94. The van der Waals surface area contributed by atoms with Crippen molar-refractivity contribution in [2.45, 2.75) is 0 Å². The van der Waals surface area contributed by atoms with E-state index in [4.69, 9.17) is 28.9 Å². The molecule has 0 saturated heterocycles. The van der Waals surface area contributed by atoms with Gasteiger partial charge in [-0.15, -0.1) is 11.3 Å². The van der Waals surface area contributed by atoms with Crippen molar-refractivity contribution >= 4 is 50.3 Å². The molecular weight excluding hydrogens is 213 g/mol. The summed E-state index contributed by atoms with van der Waals surface area (Å²) in [5.74, 6) is 0. The first-order valence-electron chi connectivity index (χ1n) is 3.31. The highest BCUT2D eigenvalue weighted by Crippen LogP contribution is 2.38. The van der Waals surface area contributed by atoms with Crippen LogP contribution in [0.4, 0.5) is 5.69 Å². The van der Waals surface area contributed by atoms with Crippen molar-refractivity contribution in [3.8, 4) is 0 Å². The van der Waals surface area contributed by atoms with Gasteiger partial charge in [0.05, 0.1) is 14.7 Å². The molecule has 0 aliphatic carbocycles. The number of benzene rings is 1. The second kappa shape index (κ2) is 2.80. The zero-order chi connectivity index (χ0) is 8.72. The third-order valence-electron chi connectivity index (χ3n) is 1.66. The van der Waals surface area contributed by atoms with Gasteiger partial charge < -0.3 is 5.73 Å². The molecule has 1 heterocycles. The number of nitrogens with two attached hydrogens (primary N) is 1. The van der Waals surface area contributed by atoms with E-state index in [2.05, 4.69) is 0 Å². The van der Waals surface area contributed by atoms with Gasteiger partial charge in [0.15, 0.2) is 0 Å². The standard InChI is InChI=1S/C8H5Cl2NS/c9-4-1-2-6(11)7-5(10)3-12-8(4)7/h1-3H,11H2. The van der Waals surface area contributed by atoms with Crippen LogP contribution in [0.5, 0.6) is 0 Å². The molecular formula is C8H5Cl2NS. The Labute approximate surface area is 83.7 Å². The summed E-state index contributed by atoms with van der Waals surface area (Å²) < 4.78 is 0.960. The lowest BCUT2D eigenvalue weighted by Crippen LogP contribution is -1.84. The van der Waals surface area contributed by atoms with Gasteiger partial charge in [0.2, 0.25) is 0 Å². The SMILES string of the molecule is Nc1ccc(Cl)c2scc(Cl)c12. The van der Waals surface area contributed by atoms with Crippen LogP contribution in [0.1, 0.15) is 0 Å². The lowest BCUT2D eigenvalue weighted by molar-refractivity contribution is 1.80.